The summed E-state index contributed by atoms with van der Waals surface area (Å²) in [6.45, 7) is 0. The maximum atomic E-state index is 12.6. The molecule has 2 aliphatic carbocycles. The number of rotatable bonds is 4. The Labute approximate surface area is 141 Å². The monoisotopic (exact) mass is 323 g/mol. The summed E-state index contributed by atoms with van der Waals surface area (Å²) in [6.07, 6.45) is 0.882. The lowest BCUT2D eigenvalue weighted by atomic mass is 10.1. The summed E-state index contributed by atoms with van der Waals surface area (Å²) in [4.78, 5) is 12.6. The number of hydrogen-bond donors (Lipinski definition) is 2. The van der Waals surface area contributed by atoms with Crippen molar-refractivity contribution >= 4 is 5.91 Å². The summed E-state index contributed by atoms with van der Waals surface area (Å²) in [6, 6.07) is 15.5. The highest BCUT2D eigenvalue weighted by Gasteiger charge is 2.46. The van der Waals surface area contributed by atoms with E-state index in [0.717, 1.165) is 28.9 Å². The van der Waals surface area contributed by atoms with E-state index in [9.17, 15) is 9.90 Å². The van der Waals surface area contributed by atoms with Gasteiger partial charge in [-0.1, -0.05) is 42.5 Å². The van der Waals surface area contributed by atoms with E-state index in [2.05, 4.69) is 5.32 Å². The molecule has 0 aliphatic heterocycles. The number of aliphatic hydroxyl groups is 1. The zero-order chi connectivity index (χ0) is 16.7. The number of amides is 1. The summed E-state index contributed by atoms with van der Waals surface area (Å²) in [5.74, 6) is 1.02. The second-order valence-corrected chi connectivity index (χ2v) is 6.65. The number of aliphatic hydroxyl groups excluding tert-OH is 1. The lowest BCUT2D eigenvalue weighted by Gasteiger charge is -2.18. The first-order valence-electron chi connectivity index (χ1n) is 8.38. The Morgan fingerprint density at radius 2 is 1.83 bits per heavy atom. The van der Waals surface area contributed by atoms with Gasteiger partial charge in [-0.2, -0.15) is 0 Å². The smallest absolute Gasteiger partial charge is 0.224 e. The number of methoxy groups -OCH3 is 1. The van der Waals surface area contributed by atoms with Crippen molar-refractivity contribution in [1.29, 1.82) is 0 Å². The number of benzene rings is 2. The van der Waals surface area contributed by atoms with E-state index in [1.54, 1.807) is 7.11 Å². The van der Waals surface area contributed by atoms with Gasteiger partial charge < -0.3 is 15.2 Å². The van der Waals surface area contributed by atoms with Gasteiger partial charge in [-0.15, -0.1) is 0 Å². The predicted octanol–water partition coefficient (Wildman–Crippen LogP) is 2.57. The van der Waals surface area contributed by atoms with Crippen LogP contribution in [-0.4, -0.2) is 24.2 Å². The molecule has 1 fully saturated rings. The number of hydrogen-bond acceptors (Lipinski definition) is 3. The molecule has 0 bridgehead atoms. The van der Waals surface area contributed by atoms with Gasteiger partial charge in [0, 0.05) is 12.3 Å². The molecule has 0 radical (unpaired) electrons. The second kappa shape index (κ2) is 5.95. The molecule has 2 aromatic carbocycles. The average Bonchev–Trinajstić information content (AvgIpc) is 3.35. The number of ether oxygens (including phenoxy) is 1. The molecule has 0 heterocycles. The van der Waals surface area contributed by atoms with Gasteiger partial charge in [-0.05, 0) is 35.1 Å². The van der Waals surface area contributed by atoms with Gasteiger partial charge in [0.1, 0.15) is 5.75 Å². The summed E-state index contributed by atoms with van der Waals surface area (Å²) in [7, 11) is 1.65. The summed E-state index contributed by atoms with van der Waals surface area (Å²) < 4.78 is 5.40. The van der Waals surface area contributed by atoms with Gasteiger partial charge in [-0.25, -0.2) is 0 Å². The summed E-state index contributed by atoms with van der Waals surface area (Å²) >= 11 is 0. The van der Waals surface area contributed by atoms with Crippen molar-refractivity contribution in [2.75, 3.05) is 7.11 Å². The molecule has 4 atom stereocenters. The largest absolute Gasteiger partial charge is 0.496 e. The van der Waals surface area contributed by atoms with Crippen molar-refractivity contribution < 1.29 is 14.6 Å². The van der Waals surface area contributed by atoms with Crippen molar-refractivity contribution in [3.63, 3.8) is 0 Å². The van der Waals surface area contributed by atoms with Crippen molar-refractivity contribution in [1.82, 2.24) is 5.32 Å². The average molecular weight is 323 g/mol. The van der Waals surface area contributed by atoms with Gasteiger partial charge in [0.05, 0.1) is 19.3 Å². The Morgan fingerprint density at radius 1 is 1.12 bits per heavy atom. The van der Waals surface area contributed by atoms with Crippen LogP contribution >= 0.6 is 0 Å². The third kappa shape index (κ3) is 2.57. The van der Waals surface area contributed by atoms with E-state index in [-0.39, 0.29) is 23.8 Å². The molecule has 1 saturated carbocycles. The van der Waals surface area contributed by atoms with Crippen molar-refractivity contribution in [2.24, 2.45) is 5.92 Å². The molecule has 2 N–H and O–H groups in total. The number of nitrogens with one attached hydrogen (secondary N) is 1. The predicted molar refractivity (Wildman–Crippen MR) is 90.9 cm³/mol. The van der Waals surface area contributed by atoms with Gasteiger partial charge in [0.25, 0.3) is 0 Å². The van der Waals surface area contributed by atoms with Crippen LogP contribution in [0.3, 0.4) is 0 Å². The molecule has 0 saturated heterocycles. The van der Waals surface area contributed by atoms with E-state index in [1.807, 2.05) is 48.5 Å². The second-order valence-electron chi connectivity index (χ2n) is 6.65. The van der Waals surface area contributed by atoms with E-state index >= 15 is 0 Å². The molecule has 2 aliphatic rings. The van der Waals surface area contributed by atoms with Crippen LogP contribution in [0.4, 0.5) is 0 Å². The normalized spacial score (nSPS) is 27.4. The quantitative estimate of drug-likeness (QED) is 0.909. The third-order valence-electron chi connectivity index (χ3n) is 5.17. The fourth-order valence-electron chi connectivity index (χ4n) is 3.81. The van der Waals surface area contributed by atoms with Gasteiger partial charge in [0.15, 0.2) is 0 Å². The molecular formula is C20H21NO3. The van der Waals surface area contributed by atoms with E-state index in [0.29, 0.717) is 6.42 Å². The molecule has 0 aromatic heterocycles. The van der Waals surface area contributed by atoms with E-state index in [4.69, 9.17) is 4.74 Å². The molecule has 0 spiro atoms. The number of carbonyl (C=O) groups excluding carboxylic acids is 1. The van der Waals surface area contributed by atoms with Crippen LogP contribution in [0.25, 0.3) is 0 Å². The third-order valence-corrected chi connectivity index (χ3v) is 5.17. The minimum Gasteiger partial charge on any atom is -0.496 e. The van der Waals surface area contributed by atoms with Crippen LogP contribution in [0, 0.1) is 5.92 Å². The van der Waals surface area contributed by atoms with Crippen LogP contribution < -0.4 is 10.1 Å². The molecule has 4 rings (SSSR count). The lowest BCUT2D eigenvalue weighted by Crippen LogP contribution is -2.35. The maximum Gasteiger partial charge on any atom is 0.224 e. The van der Waals surface area contributed by atoms with Crippen LogP contribution in [-0.2, 0) is 11.2 Å². The first kappa shape index (κ1) is 15.2. The Kier molecular flexibility index (Phi) is 3.77. The van der Waals surface area contributed by atoms with Gasteiger partial charge in [0.2, 0.25) is 5.91 Å². The highest BCUT2D eigenvalue weighted by molar-refractivity contribution is 5.83. The molecular weight excluding hydrogens is 302 g/mol. The molecule has 4 nitrogen and oxygen atoms in total. The summed E-state index contributed by atoms with van der Waals surface area (Å²) in [5, 5.41) is 13.3. The standard InChI is InChI=1S/C20H21NO3/c1-24-18-9-5-4-8-14(18)15-11-16(15)20(23)21-19-13-7-3-2-6-12(13)10-17(19)22/h2-9,15-17,19,22H,10-11H2,1H3,(H,21,23). The number of fused-ring (bicyclic) bond motifs is 1. The summed E-state index contributed by atoms with van der Waals surface area (Å²) in [5.41, 5.74) is 3.24. The molecule has 2 aromatic rings. The Morgan fingerprint density at radius 3 is 2.62 bits per heavy atom. The van der Waals surface area contributed by atoms with E-state index < -0.39 is 6.10 Å². The molecule has 4 unspecified atom stereocenters. The van der Waals surface area contributed by atoms with Crippen LogP contribution in [0.15, 0.2) is 48.5 Å². The van der Waals surface area contributed by atoms with E-state index in [1.165, 1.54) is 0 Å². The van der Waals surface area contributed by atoms with Crippen molar-refractivity contribution in [2.45, 2.75) is 30.9 Å². The molecule has 124 valence electrons. The zero-order valence-corrected chi connectivity index (χ0v) is 13.6. The van der Waals surface area contributed by atoms with Gasteiger partial charge in [-0.3, -0.25) is 4.79 Å². The van der Waals surface area contributed by atoms with Crippen molar-refractivity contribution in [3.8, 4) is 5.75 Å². The Balaban J connectivity index is 1.47. The minimum absolute atomic E-state index is 0.0201. The fraction of sp³-hybridized carbons (Fsp3) is 0.350. The zero-order valence-electron chi connectivity index (χ0n) is 13.6. The Hall–Kier alpha value is -2.33. The molecule has 4 heteroatoms. The van der Waals surface area contributed by atoms with Crippen LogP contribution in [0.2, 0.25) is 0 Å². The SMILES string of the molecule is COc1ccccc1C1CC1C(=O)NC1c2ccccc2CC1O. The number of carbonyl (C=O) groups is 1. The highest BCUT2D eigenvalue weighted by atomic mass is 16.5. The minimum atomic E-state index is -0.546. The molecule has 1 amide bonds. The number of para-hydroxylation sites is 1. The maximum absolute atomic E-state index is 12.6. The van der Waals surface area contributed by atoms with Gasteiger partial charge >= 0.3 is 0 Å². The molecule has 24 heavy (non-hydrogen) atoms. The lowest BCUT2D eigenvalue weighted by molar-refractivity contribution is -0.123. The van der Waals surface area contributed by atoms with Crippen LogP contribution in [0.1, 0.15) is 35.1 Å². The van der Waals surface area contributed by atoms with Crippen LogP contribution in [0.5, 0.6) is 5.75 Å². The first-order valence-corrected chi connectivity index (χ1v) is 8.38. The Bertz CT molecular complexity index is 773. The van der Waals surface area contributed by atoms with Crippen molar-refractivity contribution in [3.05, 3.63) is 65.2 Å². The first-order chi connectivity index (χ1) is 11.7. The highest BCUT2D eigenvalue weighted by Crippen LogP contribution is 2.50. The topological polar surface area (TPSA) is 58.6 Å². The fourth-order valence-corrected chi connectivity index (χ4v) is 3.81.